The van der Waals surface area contributed by atoms with Gasteiger partial charge in [-0.05, 0) is 79.1 Å². The smallest absolute Gasteiger partial charge is 0.143 e. The van der Waals surface area contributed by atoms with E-state index in [1.165, 1.54) is 0 Å². The Morgan fingerprint density at radius 2 is 1.40 bits per heavy atom. The normalized spacial score (nSPS) is 16.4. The van der Waals surface area contributed by atoms with Crippen molar-refractivity contribution in [3.05, 3.63) is 121 Å². The molecule has 0 saturated heterocycles. The monoisotopic (exact) mass is 455 g/mol. The van der Waals surface area contributed by atoms with Gasteiger partial charge in [-0.25, -0.2) is 0 Å². The number of rotatable bonds is 1. The molecule has 7 aromatic carbocycles. The standard InChI is InChI=1S/C34H20O/c1-3-8-27-21(6-1)12-14-25-18-23-13-15-24(19-26(23)20-31(25)27)28-10-5-11-32-33(28)30-17-16-22-7-2-4-9-29(22)34(30)35-32/h1-20H/i1D,3D,6D,8D,12D,13D,14D,15D,18D,19D,20D. The van der Waals surface area contributed by atoms with Gasteiger partial charge in [0, 0.05) is 16.2 Å². The minimum atomic E-state index is -0.595. The zero-order valence-corrected chi connectivity index (χ0v) is 18.1. The van der Waals surface area contributed by atoms with Crippen LogP contribution in [-0.4, -0.2) is 0 Å². The van der Waals surface area contributed by atoms with Crippen LogP contribution >= 0.6 is 0 Å². The molecule has 0 aliphatic carbocycles. The molecule has 162 valence electrons. The highest BCUT2D eigenvalue weighted by Gasteiger charge is 2.15. The van der Waals surface area contributed by atoms with Gasteiger partial charge in [-0.3, -0.25) is 0 Å². The molecule has 0 amide bonds. The van der Waals surface area contributed by atoms with Crippen molar-refractivity contribution in [1.29, 1.82) is 0 Å². The van der Waals surface area contributed by atoms with Crippen LogP contribution < -0.4 is 0 Å². The first-order valence-electron chi connectivity index (χ1n) is 16.6. The molecule has 1 heteroatoms. The lowest BCUT2D eigenvalue weighted by Crippen LogP contribution is -1.83. The summed E-state index contributed by atoms with van der Waals surface area (Å²) >= 11 is 0. The summed E-state index contributed by atoms with van der Waals surface area (Å²) in [5, 5.41) is 1.99. The van der Waals surface area contributed by atoms with E-state index in [1.807, 2.05) is 36.4 Å². The predicted molar refractivity (Wildman–Crippen MR) is 149 cm³/mol. The Labute approximate surface area is 217 Å². The summed E-state index contributed by atoms with van der Waals surface area (Å²) in [7, 11) is 0. The Morgan fingerprint density at radius 1 is 0.514 bits per heavy atom. The van der Waals surface area contributed by atoms with Crippen molar-refractivity contribution in [2.24, 2.45) is 0 Å². The second kappa shape index (κ2) is 6.94. The van der Waals surface area contributed by atoms with Crippen molar-refractivity contribution < 1.29 is 19.5 Å². The van der Waals surface area contributed by atoms with Gasteiger partial charge in [0.25, 0.3) is 0 Å². The van der Waals surface area contributed by atoms with Crippen LogP contribution in [-0.2, 0) is 0 Å². The second-order valence-corrected chi connectivity index (χ2v) is 8.44. The third-order valence-corrected chi connectivity index (χ3v) is 6.47. The lowest BCUT2D eigenvalue weighted by Gasteiger charge is -2.09. The summed E-state index contributed by atoms with van der Waals surface area (Å²) in [5.74, 6) is 0. The maximum atomic E-state index is 9.40. The zero-order chi connectivity index (χ0) is 32.5. The van der Waals surface area contributed by atoms with Crippen molar-refractivity contribution in [2.75, 3.05) is 0 Å². The summed E-state index contributed by atoms with van der Waals surface area (Å²) in [5.41, 5.74) is 1.60. The molecule has 8 rings (SSSR count). The van der Waals surface area contributed by atoms with Crippen LogP contribution in [0.25, 0.3) is 76.2 Å². The first-order valence-corrected chi connectivity index (χ1v) is 11.1. The molecule has 0 spiro atoms. The molecule has 0 saturated carbocycles. The van der Waals surface area contributed by atoms with E-state index in [9.17, 15) is 2.74 Å². The Bertz CT molecular complexity index is 2710. The molecule has 35 heavy (non-hydrogen) atoms. The molecule has 1 nitrogen and oxygen atoms in total. The molecule has 1 aromatic heterocycles. The van der Waals surface area contributed by atoms with Gasteiger partial charge in [0.05, 0.1) is 15.1 Å². The number of furan rings is 1. The molecule has 0 fully saturated rings. The lowest BCUT2D eigenvalue weighted by atomic mass is 9.94. The summed E-state index contributed by atoms with van der Waals surface area (Å²) in [6.07, 6.45) is 0. The quantitative estimate of drug-likeness (QED) is 0.177. The van der Waals surface area contributed by atoms with Gasteiger partial charge in [-0.1, -0.05) is 90.8 Å². The molecule has 0 aliphatic rings. The Morgan fingerprint density at radius 3 is 2.40 bits per heavy atom. The topological polar surface area (TPSA) is 13.1 Å². The maximum absolute atomic E-state index is 9.40. The average Bonchev–Trinajstić information content (AvgIpc) is 3.44. The van der Waals surface area contributed by atoms with Crippen LogP contribution in [0, 0.1) is 0 Å². The van der Waals surface area contributed by atoms with Crippen LogP contribution in [0.3, 0.4) is 0 Å². The molecule has 8 aromatic rings. The third-order valence-electron chi connectivity index (χ3n) is 6.47. The summed E-state index contributed by atoms with van der Waals surface area (Å²) in [6, 6.07) is 11.5. The van der Waals surface area contributed by atoms with E-state index in [0.29, 0.717) is 22.1 Å². The van der Waals surface area contributed by atoms with E-state index in [-0.39, 0.29) is 50.0 Å². The van der Waals surface area contributed by atoms with Crippen molar-refractivity contribution in [3.8, 4) is 11.1 Å². The first-order chi connectivity index (χ1) is 22.0. The first kappa shape index (κ1) is 11.2. The largest absolute Gasteiger partial charge is 0.455 e. The van der Waals surface area contributed by atoms with E-state index < -0.39 is 54.4 Å². The molecule has 0 bridgehead atoms. The molecule has 0 aliphatic heterocycles. The summed E-state index contributed by atoms with van der Waals surface area (Å²) in [6.45, 7) is 0. The summed E-state index contributed by atoms with van der Waals surface area (Å²) in [4.78, 5) is 0. The number of fused-ring (bicyclic) bond motifs is 9. The predicted octanol–water partition coefficient (Wildman–Crippen LogP) is 9.87. The van der Waals surface area contributed by atoms with Crippen molar-refractivity contribution in [3.63, 3.8) is 0 Å². The van der Waals surface area contributed by atoms with E-state index >= 15 is 0 Å². The molecule has 0 atom stereocenters. The Balaban J connectivity index is 1.59. The Kier molecular flexibility index (Phi) is 2.22. The lowest BCUT2D eigenvalue weighted by molar-refractivity contribution is 0.673. The van der Waals surface area contributed by atoms with Crippen molar-refractivity contribution in [2.45, 2.75) is 0 Å². The number of hydrogen-bond acceptors (Lipinski definition) is 1. The minimum Gasteiger partial charge on any atom is -0.455 e. The fraction of sp³-hybridized carbons (Fsp3) is 0. The van der Waals surface area contributed by atoms with Gasteiger partial charge in [0.1, 0.15) is 11.2 Å². The van der Waals surface area contributed by atoms with E-state index in [4.69, 9.17) is 16.8 Å². The van der Waals surface area contributed by atoms with Gasteiger partial charge < -0.3 is 4.42 Å². The zero-order valence-electron chi connectivity index (χ0n) is 29.1. The van der Waals surface area contributed by atoms with Crippen LogP contribution in [0.15, 0.2) is 125 Å². The van der Waals surface area contributed by atoms with Gasteiger partial charge >= 0.3 is 0 Å². The Hall–Kier alpha value is -4.62. The van der Waals surface area contributed by atoms with E-state index in [1.54, 1.807) is 18.2 Å². The average molecular weight is 456 g/mol. The second-order valence-electron chi connectivity index (χ2n) is 8.44. The van der Waals surface area contributed by atoms with Crippen LogP contribution in [0.5, 0.6) is 0 Å². The van der Waals surface area contributed by atoms with Crippen LogP contribution in [0.4, 0.5) is 0 Å². The third kappa shape index (κ3) is 2.70. The fourth-order valence-corrected chi connectivity index (χ4v) is 4.87. The van der Waals surface area contributed by atoms with Crippen molar-refractivity contribution in [1.82, 2.24) is 0 Å². The minimum absolute atomic E-state index is 0.0422. The van der Waals surface area contributed by atoms with Gasteiger partial charge in [0.2, 0.25) is 0 Å². The molecule has 0 N–H and O–H groups in total. The van der Waals surface area contributed by atoms with Gasteiger partial charge in [0.15, 0.2) is 0 Å². The van der Waals surface area contributed by atoms with E-state index in [0.717, 1.165) is 16.2 Å². The fourth-order valence-electron chi connectivity index (χ4n) is 4.87. The SMILES string of the molecule is [2H]c1c(-c2cccc3oc4c5ccccc5ccc4c23)c([2H])c2c([2H])c3c(c([2H])c([2H])c4c([2H])c([2H])c([2H])c([2H])c43)c([2H])c2c1[2H]. The number of hydrogen-bond donors (Lipinski definition) is 0. The van der Waals surface area contributed by atoms with Crippen molar-refractivity contribution >= 4 is 65.0 Å². The molecule has 1 heterocycles. The highest BCUT2D eigenvalue weighted by Crippen LogP contribution is 2.40. The highest BCUT2D eigenvalue weighted by molar-refractivity contribution is 6.19. The highest BCUT2D eigenvalue weighted by atomic mass is 16.3. The number of benzene rings is 7. The molecule has 0 unspecified atom stereocenters. The molecular formula is C34H20O. The van der Waals surface area contributed by atoms with Crippen LogP contribution in [0.1, 0.15) is 15.1 Å². The maximum Gasteiger partial charge on any atom is 0.143 e. The van der Waals surface area contributed by atoms with Crippen LogP contribution in [0.2, 0.25) is 0 Å². The van der Waals surface area contributed by atoms with Gasteiger partial charge in [-0.15, -0.1) is 0 Å². The summed E-state index contributed by atoms with van der Waals surface area (Å²) < 4.78 is 103. The van der Waals surface area contributed by atoms with E-state index in [2.05, 4.69) is 0 Å². The van der Waals surface area contributed by atoms with Gasteiger partial charge in [-0.2, -0.15) is 0 Å². The molecule has 0 radical (unpaired) electrons. The molecular weight excluding hydrogens is 424 g/mol.